The standard InChI is InChI=1S/C18H16O/c1-13-8-10-16(14-6-4-3-5-7-14)17-11-9-15(19-2)12-18(13)17/h3-12H,1-2H3. The molecule has 0 aromatic heterocycles. The summed E-state index contributed by atoms with van der Waals surface area (Å²) in [7, 11) is 1.71. The van der Waals surface area contributed by atoms with Crippen LogP contribution in [0.25, 0.3) is 21.9 Å². The van der Waals surface area contributed by atoms with Gasteiger partial charge in [0.25, 0.3) is 0 Å². The first-order chi connectivity index (χ1) is 9.29. The lowest BCUT2D eigenvalue weighted by Gasteiger charge is -2.10. The average molecular weight is 248 g/mol. The van der Waals surface area contributed by atoms with Gasteiger partial charge in [-0.2, -0.15) is 0 Å². The Bertz CT molecular complexity index is 714. The molecule has 0 aliphatic carbocycles. The molecule has 0 bridgehead atoms. The van der Waals surface area contributed by atoms with Gasteiger partial charge in [0.1, 0.15) is 5.75 Å². The second-order valence-corrected chi connectivity index (χ2v) is 4.71. The molecule has 3 aromatic rings. The fourth-order valence-electron chi connectivity index (χ4n) is 2.47. The average Bonchev–Trinajstić information content (AvgIpc) is 2.48. The summed E-state index contributed by atoms with van der Waals surface area (Å²) in [6.07, 6.45) is 0. The molecule has 0 aliphatic rings. The van der Waals surface area contributed by atoms with E-state index < -0.39 is 0 Å². The van der Waals surface area contributed by atoms with Crippen molar-refractivity contribution in [1.29, 1.82) is 0 Å². The van der Waals surface area contributed by atoms with E-state index in [4.69, 9.17) is 4.74 Å². The summed E-state index contributed by atoms with van der Waals surface area (Å²) in [6.45, 7) is 2.14. The van der Waals surface area contributed by atoms with E-state index in [2.05, 4.69) is 55.5 Å². The summed E-state index contributed by atoms with van der Waals surface area (Å²) < 4.78 is 5.32. The van der Waals surface area contributed by atoms with Crippen molar-refractivity contribution in [2.24, 2.45) is 0 Å². The van der Waals surface area contributed by atoms with Crippen LogP contribution < -0.4 is 4.74 Å². The quantitative estimate of drug-likeness (QED) is 0.631. The largest absolute Gasteiger partial charge is 0.497 e. The summed E-state index contributed by atoms with van der Waals surface area (Å²) in [5.41, 5.74) is 3.79. The first-order valence-corrected chi connectivity index (χ1v) is 6.42. The molecule has 0 heterocycles. The molecule has 0 amide bonds. The molecule has 0 spiro atoms. The van der Waals surface area contributed by atoms with Crippen molar-refractivity contribution in [3.63, 3.8) is 0 Å². The van der Waals surface area contributed by atoms with E-state index in [0.29, 0.717) is 0 Å². The van der Waals surface area contributed by atoms with E-state index in [1.165, 1.54) is 27.5 Å². The topological polar surface area (TPSA) is 9.23 Å². The van der Waals surface area contributed by atoms with Crippen LogP contribution in [0.1, 0.15) is 5.56 Å². The van der Waals surface area contributed by atoms with E-state index in [9.17, 15) is 0 Å². The molecule has 0 unspecified atom stereocenters. The SMILES string of the molecule is COc1ccc2c(-c3ccccc3)ccc(C)c2c1. The van der Waals surface area contributed by atoms with Gasteiger partial charge in [-0.3, -0.25) is 0 Å². The number of aryl methyl sites for hydroxylation is 1. The van der Waals surface area contributed by atoms with Crippen LogP contribution in [-0.2, 0) is 0 Å². The summed E-state index contributed by atoms with van der Waals surface area (Å²) in [5.74, 6) is 0.904. The van der Waals surface area contributed by atoms with Crippen LogP contribution in [0.3, 0.4) is 0 Å². The van der Waals surface area contributed by atoms with Crippen LogP contribution in [0.5, 0.6) is 5.75 Å². The highest BCUT2D eigenvalue weighted by molar-refractivity contribution is 5.99. The Morgan fingerprint density at radius 1 is 0.789 bits per heavy atom. The maximum atomic E-state index is 5.32. The fraction of sp³-hybridized carbons (Fsp3) is 0.111. The van der Waals surface area contributed by atoms with Crippen molar-refractivity contribution >= 4 is 10.8 Å². The summed E-state index contributed by atoms with van der Waals surface area (Å²) in [6, 6.07) is 21.1. The van der Waals surface area contributed by atoms with Crippen LogP contribution in [0.15, 0.2) is 60.7 Å². The molecule has 1 heteroatoms. The van der Waals surface area contributed by atoms with Crippen LogP contribution >= 0.6 is 0 Å². The number of methoxy groups -OCH3 is 1. The van der Waals surface area contributed by atoms with Gasteiger partial charge in [-0.05, 0) is 46.5 Å². The van der Waals surface area contributed by atoms with Crippen LogP contribution in [0.2, 0.25) is 0 Å². The lowest BCUT2D eigenvalue weighted by molar-refractivity contribution is 0.415. The molecule has 1 nitrogen and oxygen atoms in total. The molecule has 0 aliphatic heterocycles. The molecule has 3 aromatic carbocycles. The van der Waals surface area contributed by atoms with Crippen LogP contribution in [-0.4, -0.2) is 7.11 Å². The monoisotopic (exact) mass is 248 g/mol. The van der Waals surface area contributed by atoms with Gasteiger partial charge < -0.3 is 4.74 Å². The first-order valence-electron chi connectivity index (χ1n) is 6.42. The van der Waals surface area contributed by atoms with Crippen molar-refractivity contribution in [3.05, 3.63) is 66.2 Å². The van der Waals surface area contributed by atoms with Crippen molar-refractivity contribution in [2.45, 2.75) is 6.92 Å². The number of ether oxygens (including phenoxy) is 1. The zero-order valence-electron chi connectivity index (χ0n) is 11.2. The Labute approximate surface area is 113 Å². The maximum Gasteiger partial charge on any atom is 0.119 e. The minimum absolute atomic E-state index is 0.904. The van der Waals surface area contributed by atoms with Gasteiger partial charge in [-0.15, -0.1) is 0 Å². The van der Waals surface area contributed by atoms with Crippen LogP contribution in [0, 0.1) is 6.92 Å². The van der Waals surface area contributed by atoms with Crippen molar-refractivity contribution in [3.8, 4) is 16.9 Å². The molecule has 0 saturated carbocycles. The first kappa shape index (κ1) is 11.8. The van der Waals surface area contributed by atoms with E-state index in [1.54, 1.807) is 7.11 Å². The predicted octanol–water partition coefficient (Wildman–Crippen LogP) is 4.82. The van der Waals surface area contributed by atoms with E-state index >= 15 is 0 Å². The molecular weight excluding hydrogens is 232 g/mol. The third kappa shape index (κ3) is 2.08. The molecule has 3 rings (SSSR count). The molecule has 0 saturated heterocycles. The molecule has 19 heavy (non-hydrogen) atoms. The Kier molecular flexibility index (Phi) is 2.96. The molecule has 94 valence electrons. The smallest absolute Gasteiger partial charge is 0.119 e. The highest BCUT2D eigenvalue weighted by Crippen LogP contribution is 2.32. The third-order valence-electron chi connectivity index (χ3n) is 3.53. The molecule has 0 radical (unpaired) electrons. The van der Waals surface area contributed by atoms with Gasteiger partial charge in [-0.25, -0.2) is 0 Å². The van der Waals surface area contributed by atoms with Gasteiger partial charge >= 0.3 is 0 Å². The Hall–Kier alpha value is -2.28. The van der Waals surface area contributed by atoms with E-state index in [-0.39, 0.29) is 0 Å². The van der Waals surface area contributed by atoms with Gasteiger partial charge in [0, 0.05) is 0 Å². The highest BCUT2D eigenvalue weighted by atomic mass is 16.5. The van der Waals surface area contributed by atoms with Crippen molar-refractivity contribution in [2.75, 3.05) is 7.11 Å². The lowest BCUT2D eigenvalue weighted by atomic mass is 9.95. The number of benzene rings is 3. The number of hydrogen-bond donors (Lipinski definition) is 0. The number of rotatable bonds is 2. The predicted molar refractivity (Wildman–Crippen MR) is 80.7 cm³/mol. The van der Waals surface area contributed by atoms with Gasteiger partial charge in [0.2, 0.25) is 0 Å². The van der Waals surface area contributed by atoms with Gasteiger partial charge in [-0.1, -0.05) is 48.5 Å². The van der Waals surface area contributed by atoms with E-state index in [1.807, 2.05) is 12.1 Å². The van der Waals surface area contributed by atoms with Gasteiger partial charge in [0.15, 0.2) is 0 Å². The molecular formula is C18H16O. The highest BCUT2D eigenvalue weighted by Gasteiger charge is 2.06. The zero-order chi connectivity index (χ0) is 13.2. The molecule has 0 N–H and O–H groups in total. The fourth-order valence-corrected chi connectivity index (χ4v) is 2.47. The molecule has 0 fully saturated rings. The maximum absolute atomic E-state index is 5.32. The normalized spacial score (nSPS) is 10.6. The summed E-state index contributed by atoms with van der Waals surface area (Å²) in [5, 5.41) is 2.52. The Morgan fingerprint density at radius 2 is 1.58 bits per heavy atom. The minimum Gasteiger partial charge on any atom is -0.497 e. The third-order valence-corrected chi connectivity index (χ3v) is 3.53. The van der Waals surface area contributed by atoms with Crippen LogP contribution in [0.4, 0.5) is 0 Å². The second kappa shape index (κ2) is 4.77. The minimum atomic E-state index is 0.904. The number of fused-ring (bicyclic) bond motifs is 1. The second-order valence-electron chi connectivity index (χ2n) is 4.71. The Balaban J connectivity index is 2.30. The Morgan fingerprint density at radius 3 is 2.32 bits per heavy atom. The molecule has 0 atom stereocenters. The number of hydrogen-bond acceptors (Lipinski definition) is 1. The van der Waals surface area contributed by atoms with Crippen molar-refractivity contribution in [1.82, 2.24) is 0 Å². The zero-order valence-corrected chi connectivity index (χ0v) is 11.2. The van der Waals surface area contributed by atoms with Crippen molar-refractivity contribution < 1.29 is 4.74 Å². The summed E-state index contributed by atoms with van der Waals surface area (Å²) >= 11 is 0. The van der Waals surface area contributed by atoms with E-state index in [0.717, 1.165) is 5.75 Å². The summed E-state index contributed by atoms with van der Waals surface area (Å²) in [4.78, 5) is 0. The van der Waals surface area contributed by atoms with Gasteiger partial charge in [0.05, 0.1) is 7.11 Å². The lowest BCUT2D eigenvalue weighted by Crippen LogP contribution is -1.87.